The Balaban J connectivity index is 1.78. The fourth-order valence-electron chi connectivity index (χ4n) is 3.41. The van der Waals surface area contributed by atoms with Crippen LogP contribution in [0.5, 0.6) is 5.75 Å². The number of urea groups is 1. The quantitative estimate of drug-likeness (QED) is 0.646. The average Bonchev–Trinajstić information content (AvgIpc) is 2.67. The molecule has 162 valence electrons. The number of hydrogen-bond acceptors (Lipinski definition) is 5. The fourth-order valence-corrected chi connectivity index (χ4v) is 3.41. The Morgan fingerprint density at radius 1 is 1.16 bits per heavy atom. The average molecular weight is 422 g/mol. The molecule has 0 bridgehead atoms. The highest BCUT2D eigenvalue weighted by Gasteiger charge is 2.35. The maximum Gasteiger partial charge on any atom is 0.411 e. The van der Waals surface area contributed by atoms with Crippen LogP contribution in [-0.2, 0) is 4.74 Å². The number of nitriles is 1. The molecule has 3 amide bonds. The maximum atomic E-state index is 12.6. The summed E-state index contributed by atoms with van der Waals surface area (Å²) in [7, 11) is 0. The molecule has 1 aliphatic heterocycles. The van der Waals surface area contributed by atoms with Crippen LogP contribution in [0, 0.1) is 11.3 Å². The van der Waals surface area contributed by atoms with Gasteiger partial charge in [0.15, 0.2) is 0 Å². The standard InChI is InChI=1S/C23H26N4O4/c1-14(2)30-22(29)26-17-8-9-20-18(11-17)19(12-23(3,4)31-20)27-21(28)25-16-7-5-6-15(10-16)13-24/h5-11,14,19H,12H2,1-4H3,(H,26,29)(H2,25,27,28). The van der Waals surface area contributed by atoms with Gasteiger partial charge in [0.05, 0.1) is 23.8 Å². The number of ether oxygens (including phenoxy) is 2. The van der Waals surface area contributed by atoms with Crippen molar-refractivity contribution in [1.82, 2.24) is 5.32 Å². The van der Waals surface area contributed by atoms with Crippen molar-refractivity contribution in [2.75, 3.05) is 10.6 Å². The molecule has 3 N–H and O–H groups in total. The van der Waals surface area contributed by atoms with E-state index in [1.54, 1.807) is 56.3 Å². The van der Waals surface area contributed by atoms with Gasteiger partial charge < -0.3 is 20.1 Å². The summed E-state index contributed by atoms with van der Waals surface area (Å²) in [6.07, 6.45) is -0.253. The molecule has 0 aromatic heterocycles. The van der Waals surface area contributed by atoms with E-state index in [0.717, 1.165) is 5.56 Å². The second-order valence-corrected chi connectivity index (χ2v) is 8.24. The number of nitrogens with zero attached hydrogens (tertiary/aromatic N) is 1. The molecule has 8 nitrogen and oxygen atoms in total. The van der Waals surface area contributed by atoms with Crippen molar-refractivity contribution in [1.29, 1.82) is 5.26 Å². The number of amides is 3. The minimum absolute atomic E-state index is 0.237. The van der Waals surface area contributed by atoms with Gasteiger partial charge in [-0.15, -0.1) is 0 Å². The van der Waals surface area contributed by atoms with Crippen LogP contribution in [0.1, 0.15) is 51.3 Å². The molecule has 0 radical (unpaired) electrons. The van der Waals surface area contributed by atoms with Crippen molar-refractivity contribution in [3.8, 4) is 11.8 Å². The van der Waals surface area contributed by atoms with E-state index in [9.17, 15) is 9.59 Å². The second kappa shape index (κ2) is 8.96. The molecule has 31 heavy (non-hydrogen) atoms. The van der Waals surface area contributed by atoms with Gasteiger partial charge in [-0.2, -0.15) is 5.26 Å². The molecule has 1 unspecified atom stereocenters. The zero-order valence-corrected chi connectivity index (χ0v) is 18.0. The zero-order valence-electron chi connectivity index (χ0n) is 18.0. The van der Waals surface area contributed by atoms with Gasteiger partial charge >= 0.3 is 12.1 Å². The summed E-state index contributed by atoms with van der Waals surface area (Å²) in [4.78, 5) is 24.6. The minimum Gasteiger partial charge on any atom is -0.487 e. The Morgan fingerprint density at radius 2 is 1.90 bits per heavy atom. The van der Waals surface area contributed by atoms with Crippen LogP contribution in [0.25, 0.3) is 0 Å². The molecular weight excluding hydrogens is 396 g/mol. The van der Waals surface area contributed by atoms with Gasteiger partial charge in [-0.1, -0.05) is 6.07 Å². The van der Waals surface area contributed by atoms with Crippen molar-refractivity contribution in [3.63, 3.8) is 0 Å². The van der Waals surface area contributed by atoms with Gasteiger partial charge in [-0.3, -0.25) is 5.32 Å². The number of anilines is 2. The molecule has 1 atom stereocenters. The summed E-state index contributed by atoms with van der Waals surface area (Å²) >= 11 is 0. The molecule has 0 aliphatic carbocycles. The van der Waals surface area contributed by atoms with E-state index < -0.39 is 17.7 Å². The molecule has 0 saturated carbocycles. The molecule has 0 fully saturated rings. The normalized spacial score (nSPS) is 16.3. The molecule has 2 aromatic rings. The number of hydrogen-bond donors (Lipinski definition) is 3. The molecule has 2 aromatic carbocycles. The molecule has 3 rings (SSSR count). The molecule has 1 heterocycles. The predicted octanol–water partition coefficient (Wildman–Crippen LogP) is 4.94. The van der Waals surface area contributed by atoms with Gasteiger partial charge in [0.1, 0.15) is 11.4 Å². The van der Waals surface area contributed by atoms with Crippen LogP contribution in [0.3, 0.4) is 0 Å². The number of nitrogens with one attached hydrogen (secondary N) is 3. The Labute approximate surface area is 181 Å². The van der Waals surface area contributed by atoms with Crippen LogP contribution in [0.4, 0.5) is 21.0 Å². The summed E-state index contributed by atoms with van der Waals surface area (Å²) in [6.45, 7) is 7.44. The first-order valence-electron chi connectivity index (χ1n) is 10.0. The van der Waals surface area contributed by atoms with E-state index in [1.807, 2.05) is 19.9 Å². The lowest BCUT2D eigenvalue weighted by atomic mass is 9.89. The number of carbonyl (C=O) groups excluding carboxylic acids is 2. The van der Waals surface area contributed by atoms with Crippen molar-refractivity contribution < 1.29 is 19.1 Å². The van der Waals surface area contributed by atoms with Crippen molar-refractivity contribution in [3.05, 3.63) is 53.6 Å². The van der Waals surface area contributed by atoms with Crippen LogP contribution in [0.2, 0.25) is 0 Å². The third kappa shape index (κ3) is 5.89. The minimum atomic E-state index is -0.549. The van der Waals surface area contributed by atoms with Crippen LogP contribution in [0.15, 0.2) is 42.5 Å². The molecular formula is C23H26N4O4. The van der Waals surface area contributed by atoms with Crippen molar-refractivity contribution in [2.45, 2.75) is 51.9 Å². The lowest BCUT2D eigenvalue weighted by Gasteiger charge is -2.38. The zero-order chi connectivity index (χ0) is 22.6. The third-order valence-electron chi connectivity index (χ3n) is 4.61. The summed E-state index contributed by atoms with van der Waals surface area (Å²) in [5, 5.41) is 17.5. The van der Waals surface area contributed by atoms with Gasteiger partial charge in [0.25, 0.3) is 0 Å². The number of benzene rings is 2. The van der Waals surface area contributed by atoms with Crippen LogP contribution >= 0.6 is 0 Å². The first-order chi connectivity index (χ1) is 14.6. The molecule has 0 saturated heterocycles. The largest absolute Gasteiger partial charge is 0.487 e. The number of rotatable bonds is 4. The van der Waals surface area contributed by atoms with E-state index in [1.165, 1.54) is 0 Å². The lowest BCUT2D eigenvalue weighted by molar-refractivity contribution is 0.0683. The van der Waals surface area contributed by atoms with Gasteiger partial charge in [-0.25, -0.2) is 9.59 Å². The molecule has 8 heteroatoms. The van der Waals surface area contributed by atoms with Gasteiger partial charge in [-0.05, 0) is 64.1 Å². The first-order valence-corrected chi connectivity index (χ1v) is 10.0. The highest BCUT2D eigenvalue weighted by Crippen LogP contribution is 2.40. The number of fused-ring (bicyclic) bond motifs is 1. The summed E-state index contributed by atoms with van der Waals surface area (Å²) in [6, 6.07) is 13.2. The summed E-state index contributed by atoms with van der Waals surface area (Å²) in [5.74, 6) is 0.635. The third-order valence-corrected chi connectivity index (χ3v) is 4.61. The second-order valence-electron chi connectivity index (χ2n) is 8.24. The van der Waals surface area contributed by atoms with Crippen LogP contribution in [-0.4, -0.2) is 23.8 Å². The number of carbonyl (C=O) groups is 2. The van der Waals surface area contributed by atoms with E-state index in [4.69, 9.17) is 14.7 Å². The highest BCUT2D eigenvalue weighted by molar-refractivity contribution is 5.90. The van der Waals surface area contributed by atoms with E-state index in [0.29, 0.717) is 29.1 Å². The van der Waals surface area contributed by atoms with Gasteiger partial charge in [0.2, 0.25) is 0 Å². The Kier molecular flexibility index (Phi) is 6.35. The Morgan fingerprint density at radius 3 is 2.61 bits per heavy atom. The van der Waals surface area contributed by atoms with E-state index in [-0.39, 0.29) is 12.1 Å². The smallest absolute Gasteiger partial charge is 0.411 e. The molecule has 1 aliphatic rings. The SMILES string of the molecule is CC(C)OC(=O)Nc1ccc2c(c1)C(NC(=O)Nc1cccc(C#N)c1)CC(C)(C)O2. The Hall–Kier alpha value is -3.73. The van der Waals surface area contributed by atoms with E-state index >= 15 is 0 Å². The van der Waals surface area contributed by atoms with Crippen LogP contribution < -0.4 is 20.7 Å². The highest BCUT2D eigenvalue weighted by atomic mass is 16.6. The van der Waals surface area contributed by atoms with Gasteiger partial charge in [0, 0.05) is 23.4 Å². The fraction of sp³-hybridized carbons (Fsp3) is 0.348. The topological polar surface area (TPSA) is 112 Å². The predicted molar refractivity (Wildman–Crippen MR) is 117 cm³/mol. The Bertz CT molecular complexity index is 1030. The van der Waals surface area contributed by atoms with Crippen molar-refractivity contribution >= 4 is 23.5 Å². The maximum absolute atomic E-state index is 12.6. The molecule has 0 spiro atoms. The monoisotopic (exact) mass is 422 g/mol. The lowest BCUT2D eigenvalue weighted by Crippen LogP contribution is -2.42. The first kappa shape index (κ1) is 22.0. The summed E-state index contributed by atoms with van der Waals surface area (Å²) < 4.78 is 11.2. The van der Waals surface area contributed by atoms with Crippen molar-refractivity contribution in [2.24, 2.45) is 0 Å². The van der Waals surface area contributed by atoms with E-state index in [2.05, 4.69) is 16.0 Å². The summed E-state index contributed by atoms with van der Waals surface area (Å²) in [5.41, 5.74) is 1.79.